The molecule has 1 aliphatic rings. The molecule has 0 amide bonds. The number of ether oxygens (including phenoxy) is 2. The van der Waals surface area contributed by atoms with Crippen LogP contribution in [0.25, 0.3) is 0 Å². The minimum atomic E-state index is -3.33. The Morgan fingerprint density at radius 2 is 2.30 bits per heavy atom. The Labute approximate surface area is 131 Å². The van der Waals surface area contributed by atoms with E-state index in [1.165, 1.54) is 12.3 Å². The van der Waals surface area contributed by atoms with Gasteiger partial charge in [-0.1, -0.05) is 5.92 Å². The Hall–Kier alpha value is -1.73. The zero-order valence-corrected chi connectivity index (χ0v) is 12.9. The molecule has 4 N–H and O–H groups in total. The first-order valence-electron chi connectivity index (χ1n) is 6.53. The molecule has 1 aliphatic heterocycles. The fourth-order valence-corrected chi connectivity index (χ4v) is 2.80. The molecule has 3 unspecified atom stereocenters. The van der Waals surface area contributed by atoms with Crippen molar-refractivity contribution in [1.29, 1.82) is 0 Å². The van der Waals surface area contributed by atoms with Crippen LogP contribution in [-0.4, -0.2) is 51.1 Å². The van der Waals surface area contributed by atoms with Crippen LogP contribution in [0.4, 0.5) is 5.82 Å². The summed E-state index contributed by atoms with van der Waals surface area (Å²) in [4.78, 5) is 24.5. The smallest absolute Gasteiger partial charge is 0.351 e. The molecule has 1 saturated heterocycles. The molecule has 10 nitrogen and oxygen atoms in total. The van der Waals surface area contributed by atoms with E-state index in [1.807, 2.05) is 0 Å². The van der Waals surface area contributed by atoms with Gasteiger partial charge in [-0.2, -0.15) is 4.98 Å². The van der Waals surface area contributed by atoms with Gasteiger partial charge in [0, 0.05) is 6.20 Å². The molecule has 11 heteroatoms. The molecule has 0 spiro atoms. The Morgan fingerprint density at radius 1 is 1.57 bits per heavy atom. The Kier molecular flexibility index (Phi) is 5.90. The van der Waals surface area contributed by atoms with E-state index in [1.54, 1.807) is 0 Å². The summed E-state index contributed by atoms with van der Waals surface area (Å²) in [5.74, 6) is 2.27. The zero-order valence-electron chi connectivity index (χ0n) is 11.9. The molecular weight excluding hydrogens is 329 g/mol. The zero-order chi connectivity index (χ0) is 17.0. The Bertz CT molecular complexity index is 673. The molecular formula is C12H16N3O7P. The van der Waals surface area contributed by atoms with Crippen LogP contribution in [0.3, 0.4) is 0 Å². The summed E-state index contributed by atoms with van der Waals surface area (Å²) in [5.41, 5.74) is 4.72. The van der Waals surface area contributed by atoms with E-state index in [0.29, 0.717) is 0 Å². The van der Waals surface area contributed by atoms with E-state index >= 15 is 0 Å². The van der Waals surface area contributed by atoms with Gasteiger partial charge < -0.3 is 29.7 Å². The van der Waals surface area contributed by atoms with Gasteiger partial charge in [-0.05, 0) is 6.07 Å². The number of hydrogen-bond donors (Lipinski definition) is 3. The van der Waals surface area contributed by atoms with Crippen LogP contribution in [0.15, 0.2) is 17.1 Å². The number of aliphatic hydroxyl groups excluding tert-OH is 1. The van der Waals surface area contributed by atoms with Crippen molar-refractivity contribution < 1.29 is 28.6 Å². The van der Waals surface area contributed by atoms with Crippen molar-refractivity contribution in [2.24, 2.45) is 0 Å². The molecule has 0 bridgehead atoms. The summed E-state index contributed by atoms with van der Waals surface area (Å²) >= 11 is 0. The third kappa shape index (κ3) is 3.97. The average Bonchev–Trinajstić information content (AvgIpc) is 2.82. The van der Waals surface area contributed by atoms with E-state index in [2.05, 4.69) is 10.9 Å². The third-order valence-corrected chi connectivity index (χ3v) is 3.66. The number of terminal acetylenes is 1. The van der Waals surface area contributed by atoms with E-state index in [4.69, 9.17) is 31.0 Å². The number of nitrogen functional groups attached to an aromatic ring is 1. The molecule has 2 rings (SSSR count). The van der Waals surface area contributed by atoms with Crippen molar-refractivity contribution in [3.05, 3.63) is 22.7 Å². The summed E-state index contributed by atoms with van der Waals surface area (Å²) < 4.78 is 27.9. The van der Waals surface area contributed by atoms with Crippen LogP contribution < -0.4 is 11.4 Å². The molecule has 2 heterocycles. The SMILES string of the molecule is C#CCOC1C(O[PH](=O)O)[C@@H](CO)O[C@H]1n1ccc(N)nc1=O. The Balaban J connectivity index is 2.37. The van der Waals surface area contributed by atoms with Gasteiger partial charge in [0.2, 0.25) is 0 Å². The lowest BCUT2D eigenvalue weighted by molar-refractivity contribution is -0.0675. The molecule has 0 saturated carbocycles. The van der Waals surface area contributed by atoms with Gasteiger partial charge in [0.05, 0.1) is 6.61 Å². The van der Waals surface area contributed by atoms with Gasteiger partial charge in [0.15, 0.2) is 6.23 Å². The van der Waals surface area contributed by atoms with E-state index in [0.717, 1.165) is 4.57 Å². The highest BCUT2D eigenvalue weighted by atomic mass is 31.1. The number of hydrogen-bond acceptors (Lipinski definition) is 8. The van der Waals surface area contributed by atoms with Gasteiger partial charge in [-0.25, -0.2) is 4.79 Å². The van der Waals surface area contributed by atoms with Crippen LogP contribution in [0.2, 0.25) is 0 Å². The highest BCUT2D eigenvalue weighted by Crippen LogP contribution is 2.36. The molecule has 0 aliphatic carbocycles. The van der Waals surface area contributed by atoms with E-state index < -0.39 is 45.1 Å². The number of anilines is 1. The van der Waals surface area contributed by atoms with Crippen LogP contribution in [0.5, 0.6) is 0 Å². The minimum Gasteiger partial charge on any atom is -0.394 e. The van der Waals surface area contributed by atoms with E-state index in [9.17, 15) is 14.5 Å². The second kappa shape index (κ2) is 7.70. The highest BCUT2D eigenvalue weighted by molar-refractivity contribution is 7.32. The fourth-order valence-electron chi connectivity index (χ4n) is 2.28. The number of nitrogens with zero attached hydrogens (tertiary/aromatic N) is 2. The molecule has 1 fully saturated rings. The van der Waals surface area contributed by atoms with Gasteiger partial charge in [0.1, 0.15) is 30.7 Å². The average molecular weight is 345 g/mol. The van der Waals surface area contributed by atoms with Crippen molar-refractivity contribution in [3.63, 3.8) is 0 Å². The quantitative estimate of drug-likeness (QED) is 0.414. The molecule has 0 radical (unpaired) electrons. The van der Waals surface area contributed by atoms with Crippen LogP contribution in [0.1, 0.15) is 6.23 Å². The summed E-state index contributed by atoms with van der Waals surface area (Å²) in [7, 11) is -3.33. The second-order valence-corrected chi connectivity index (χ2v) is 5.39. The van der Waals surface area contributed by atoms with Gasteiger partial charge in [-0.15, -0.1) is 6.42 Å². The minimum absolute atomic E-state index is 0.0252. The first kappa shape index (κ1) is 17.6. The second-order valence-electron chi connectivity index (χ2n) is 4.62. The molecule has 23 heavy (non-hydrogen) atoms. The van der Waals surface area contributed by atoms with E-state index in [-0.39, 0.29) is 12.4 Å². The molecule has 1 aromatic heterocycles. The monoisotopic (exact) mass is 345 g/mol. The number of rotatable bonds is 6. The van der Waals surface area contributed by atoms with Gasteiger partial charge >= 0.3 is 13.9 Å². The number of aliphatic hydroxyl groups is 1. The summed E-state index contributed by atoms with van der Waals surface area (Å²) in [6, 6.07) is 1.38. The lowest BCUT2D eigenvalue weighted by Gasteiger charge is -2.23. The Morgan fingerprint density at radius 3 is 2.87 bits per heavy atom. The molecule has 126 valence electrons. The number of nitrogens with two attached hydrogens (primary N) is 1. The molecule has 0 aromatic carbocycles. The molecule has 1 aromatic rings. The van der Waals surface area contributed by atoms with Crippen molar-refractivity contribution in [3.8, 4) is 12.3 Å². The maximum Gasteiger partial charge on any atom is 0.351 e. The topological polar surface area (TPSA) is 146 Å². The van der Waals surface area contributed by atoms with Gasteiger partial charge in [-0.3, -0.25) is 9.13 Å². The molecule has 5 atom stereocenters. The lowest BCUT2D eigenvalue weighted by Crippen LogP contribution is -2.39. The maximum absolute atomic E-state index is 12.0. The standard InChI is InChI=1S/C12H16N3O7P/c1-2-5-20-10-9(22-23(18)19)7(6-16)21-11(10)15-4-3-8(13)14-12(15)17/h1,3-4,7,9-11,16,23H,5-6H2,(H,18,19)(H2,13,14,17)/t7-,9?,10?,11-/m1/s1. The summed E-state index contributed by atoms with van der Waals surface area (Å²) in [6.07, 6.45) is 2.38. The normalized spacial score (nSPS) is 28.4. The third-order valence-electron chi connectivity index (χ3n) is 3.19. The van der Waals surface area contributed by atoms with Crippen LogP contribution >= 0.6 is 8.25 Å². The van der Waals surface area contributed by atoms with Crippen LogP contribution in [0, 0.1) is 12.3 Å². The summed E-state index contributed by atoms with van der Waals surface area (Å²) in [6.45, 7) is -0.657. The van der Waals surface area contributed by atoms with Crippen molar-refractivity contribution >= 4 is 14.1 Å². The lowest BCUT2D eigenvalue weighted by atomic mass is 10.1. The highest BCUT2D eigenvalue weighted by Gasteiger charge is 2.48. The van der Waals surface area contributed by atoms with Crippen LogP contribution in [-0.2, 0) is 18.6 Å². The fraction of sp³-hybridized carbons (Fsp3) is 0.500. The van der Waals surface area contributed by atoms with Crippen molar-refractivity contribution in [1.82, 2.24) is 9.55 Å². The van der Waals surface area contributed by atoms with Crippen molar-refractivity contribution in [2.45, 2.75) is 24.5 Å². The number of aromatic nitrogens is 2. The van der Waals surface area contributed by atoms with Gasteiger partial charge in [0.25, 0.3) is 0 Å². The predicted octanol–water partition coefficient (Wildman–Crippen LogP) is -1.50. The maximum atomic E-state index is 12.0. The first-order valence-corrected chi connectivity index (χ1v) is 7.80. The largest absolute Gasteiger partial charge is 0.394 e. The summed E-state index contributed by atoms with van der Waals surface area (Å²) in [5, 5.41) is 9.37. The van der Waals surface area contributed by atoms with Crippen molar-refractivity contribution in [2.75, 3.05) is 18.9 Å². The predicted molar refractivity (Wildman–Crippen MR) is 78.6 cm³/mol. The first-order chi connectivity index (χ1) is 11.0.